The van der Waals surface area contributed by atoms with Gasteiger partial charge in [0.1, 0.15) is 5.69 Å². The molecule has 0 heterocycles. The van der Waals surface area contributed by atoms with E-state index in [0.717, 1.165) is 0 Å². The number of benzene rings is 1. The Morgan fingerprint density at radius 3 is 2.32 bits per heavy atom. The monoisotopic (exact) mass is 355 g/mol. The number of nitro benzene ring substituents is 1. The smallest absolute Gasteiger partial charge is 0.319 e. The van der Waals surface area contributed by atoms with E-state index >= 15 is 0 Å². The van der Waals surface area contributed by atoms with Gasteiger partial charge in [0.15, 0.2) is 11.5 Å². The van der Waals surface area contributed by atoms with Crippen LogP contribution in [-0.2, 0) is 4.79 Å². The molecule has 0 bridgehead atoms. The summed E-state index contributed by atoms with van der Waals surface area (Å²) in [6.45, 7) is 4.23. The van der Waals surface area contributed by atoms with Crippen LogP contribution in [0, 0.1) is 10.1 Å². The molecule has 1 aromatic rings. The van der Waals surface area contributed by atoms with E-state index in [4.69, 9.17) is 14.6 Å². The van der Waals surface area contributed by atoms with E-state index in [2.05, 4.69) is 10.6 Å². The van der Waals surface area contributed by atoms with Crippen LogP contribution in [0.2, 0.25) is 0 Å². The Kier molecular flexibility index (Phi) is 7.97. The molecule has 3 N–H and O–H groups in total. The van der Waals surface area contributed by atoms with Gasteiger partial charge in [-0.05, 0) is 20.3 Å². The van der Waals surface area contributed by atoms with Crippen molar-refractivity contribution < 1.29 is 29.1 Å². The maximum atomic E-state index is 11.8. The molecule has 0 atom stereocenters. The second-order valence-corrected chi connectivity index (χ2v) is 4.82. The van der Waals surface area contributed by atoms with Crippen molar-refractivity contribution >= 4 is 23.4 Å². The second kappa shape index (κ2) is 9.96. The summed E-state index contributed by atoms with van der Waals surface area (Å²) in [6, 6.07) is 1.83. The van der Waals surface area contributed by atoms with Gasteiger partial charge in [0.05, 0.1) is 24.2 Å². The lowest BCUT2D eigenvalue weighted by molar-refractivity contribution is -0.384. The van der Waals surface area contributed by atoms with Crippen LogP contribution in [-0.4, -0.2) is 41.8 Å². The first kappa shape index (κ1) is 20.0. The molecule has 10 heteroatoms. The van der Waals surface area contributed by atoms with E-state index < -0.39 is 16.9 Å². The molecule has 0 saturated heterocycles. The highest BCUT2D eigenvalue weighted by atomic mass is 16.6. The number of carboxylic acids is 1. The number of ether oxygens (including phenoxy) is 2. The SMILES string of the molecule is CCOc1cc(NC(=O)NCCCC(=O)O)c([N+](=O)[O-])cc1OCC. The molecule has 0 unspecified atom stereocenters. The quantitative estimate of drug-likeness (QED) is 0.332. The fraction of sp³-hybridized carbons (Fsp3) is 0.467. The van der Waals surface area contributed by atoms with Crippen molar-refractivity contribution in [2.24, 2.45) is 0 Å². The number of carbonyl (C=O) groups is 2. The van der Waals surface area contributed by atoms with Crippen LogP contribution in [0.5, 0.6) is 11.5 Å². The first-order valence-electron chi connectivity index (χ1n) is 7.73. The summed E-state index contributed by atoms with van der Waals surface area (Å²) < 4.78 is 10.7. The molecule has 0 aromatic heterocycles. The molecule has 0 radical (unpaired) electrons. The van der Waals surface area contributed by atoms with E-state index in [-0.39, 0.29) is 42.3 Å². The third-order valence-corrected chi connectivity index (χ3v) is 2.96. The Hall–Kier alpha value is -3.04. The lowest BCUT2D eigenvalue weighted by Crippen LogP contribution is -2.30. The molecular weight excluding hydrogens is 334 g/mol. The number of nitro groups is 1. The van der Waals surface area contributed by atoms with Gasteiger partial charge >= 0.3 is 12.0 Å². The van der Waals surface area contributed by atoms with E-state index in [1.807, 2.05) is 0 Å². The Labute approximate surface area is 144 Å². The molecule has 25 heavy (non-hydrogen) atoms. The van der Waals surface area contributed by atoms with Crippen LogP contribution in [0.4, 0.5) is 16.2 Å². The fourth-order valence-corrected chi connectivity index (χ4v) is 1.95. The topological polar surface area (TPSA) is 140 Å². The third kappa shape index (κ3) is 6.53. The summed E-state index contributed by atoms with van der Waals surface area (Å²) in [4.78, 5) is 32.9. The normalized spacial score (nSPS) is 10.0. The molecule has 10 nitrogen and oxygen atoms in total. The van der Waals surface area contributed by atoms with Gasteiger partial charge in [0.2, 0.25) is 0 Å². The summed E-state index contributed by atoms with van der Waals surface area (Å²) in [7, 11) is 0. The number of hydrogen-bond donors (Lipinski definition) is 3. The minimum absolute atomic E-state index is 0.0485. The number of carbonyl (C=O) groups excluding carboxylic acids is 1. The first-order chi connectivity index (χ1) is 11.9. The standard InChI is InChI=1S/C15H21N3O7/c1-3-24-12-8-10(11(18(22)23)9-13(12)25-4-2)17-15(21)16-7-5-6-14(19)20/h8-9H,3-7H2,1-2H3,(H,19,20)(H2,16,17,21). The zero-order valence-corrected chi connectivity index (χ0v) is 14.0. The predicted octanol–water partition coefficient (Wildman–Crippen LogP) is 2.38. The maximum Gasteiger partial charge on any atom is 0.319 e. The number of hydrogen-bond acceptors (Lipinski definition) is 6. The summed E-state index contributed by atoms with van der Waals surface area (Å²) in [5.74, 6) is -0.481. The number of amides is 2. The summed E-state index contributed by atoms with van der Waals surface area (Å²) in [6.07, 6.45) is 0.163. The number of aliphatic carboxylic acids is 1. The molecule has 2 amide bonds. The number of anilines is 1. The van der Waals surface area contributed by atoms with Crippen LogP contribution in [0.3, 0.4) is 0 Å². The number of urea groups is 1. The van der Waals surface area contributed by atoms with E-state index in [1.165, 1.54) is 12.1 Å². The average molecular weight is 355 g/mol. The average Bonchev–Trinajstić information content (AvgIpc) is 2.53. The minimum Gasteiger partial charge on any atom is -0.490 e. The highest BCUT2D eigenvalue weighted by molar-refractivity contribution is 5.92. The highest BCUT2D eigenvalue weighted by Crippen LogP contribution is 2.38. The van der Waals surface area contributed by atoms with Crippen molar-refractivity contribution in [1.29, 1.82) is 0 Å². The van der Waals surface area contributed by atoms with Crippen molar-refractivity contribution in [2.45, 2.75) is 26.7 Å². The van der Waals surface area contributed by atoms with Crippen molar-refractivity contribution in [2.75, 3.05) is 25.1 Å². The lowest BCUT2D eigenvalue weighted by Gasteiger charge is -2.14. The molecule has 0 fully saturated rings. The van der Waals surface area contributed by atoms with Crippen LogP contribution in [0.25, 0.3) is 0 Å². The Morgan fingerprint density at radius 1 is 1.20 bits per heavy atom. The third-order valence-electron chi connectivity index (χ3n) is 2.96. The molecular formula is C15H21N3O7. The summed E-state index contributed by atoms with van der Waals surface area (Å²) in [5, 5.41) is 24.6. The molecule has 138 valence electrons. The van der Waals surface area contributed by atoms with E-state index in [0.29, 0.717) is 13.2 Å². The summed E-state index contributed by atoms with van der Waals surface area (Å²) in [5.41, 5.74) is -0.389. The van der Waals surface area contributed by atoms with Gasteiger partial charge < -0.3 is 25.2 Å². The molecule has 1 aromatic carbocycles. The van der Waals surface area contributed by atoms with Crippen molar-refractivity contribution in [3.05, 3.63) is 22.2 Å². The van der Waals surface area contributed by atoms with Crippen LogP contribution in [0.1, 0.15) is 26.7 Å². The second-order valence-electron chi connectivity index (χ2n) is 4.82. The zero-order valence-electron chi connectivity index (χ0n) is 14.0. The van der Waals surface area contributed by atoms with Gasteiger partial charge in [0, 0.05) is 19.0 Å². The predicted molar refractivity (Wildman–Crippen MR) is 89.3 cm³/mol. The van der Waals surface area contributed by atoms with Gasteiger partial charge in [-0.15, -0.1) is 0 Å². The number of nitrogens with zero attached hydrogens (tertiary/aromatic N) is 1. The Balaban J connectivity index is 2.91. The highest BCUT2D eigenvalue weighted by Gasteiger charge is 2.21. The lowest BCUT2D eigenvalue weighted by atomic mass is 10.2. The van der Waals surface area contributed by atoms with Gasteiger partial charge in [0.25, 0.3) is 5.69 Å². The van der Waals surface area contributed by atoms with E-state index in [9.17, 15) is 19.7 Å². The first-order valence-corrected chi connectivity index (χ1v) is 7.73. The van der Waals surface area contributed by atoms with Crippen molar-refractivity contribution in [1.82, 2.24) is 5.32 Å². The van der Waals surface area contributed by atoms with Gasteiger partial charge in [-0.1, -0.05) is 0 Å². The van der Waals surface area contributed by atoms with Crippen LogP contribution < -0.4 is 20.1 Å². The molecule has 1 rings (SSSR count). The van der Waals surface area contributed by atoms with Gasteiger partial charge in [-0.25, -0.2) is 4.79 Å². The Morgan fingerprint density at radius 2 is 1.80 bits per heavy atom. The van der Waals surface area contributed by atoms with Crippen LogP contribution in [0.15, 0.2) is 12.1 Å². The maximum absolute atomic E-state index is 11.8. The minimum atomic E-state index is -0.967. The number of rotatable bonds is 10. The van der Waals surface area contributed by atoms with Gasteiger partial charge in [-0.3, -0.25) is 14.9 Å². The van der Waals surface area contributed by atoms with Crippen molar-refractivity contribution in [3.8, 4) is 11.5 Å². The molecule has 0 aliphatic heterocycles. The summed E-state index contributed by atoms with van der Waals surface area (Å²) >= 11 is 0. The molecule has 0 saturated carbocycles. The van der Waals surface area contributed by atoms with Crippen molar-refractivity contribution in [3.63, 3.8) is 0 Å². The number of nitrogens with one attached hydrogen (secondary N) is 2. The fourth-order valence-electron chi connectivity index (χ4n) is 1.95. The van der Waals surface area contributed by atoms with Crippen LogP contribution >= 0.6 is 0 Å². The Bertz CT molecular complexity index is 634. The largest absolute Gasteiger partial charge is 0.490 e. The zero-order chi connectivity index (χ0) is 18.8. The molecule has 0 aliphatic carbocycles. The molecule has 0 spiro atoms. The van der Waals surface area contributed by atoms with Gasteiger partial charge in [-0.2, -0.15) is 0 Å². The molecule has 0 aliphatic rings. The van der Waals surface area contributed by atoms with E-state index in [1.54, 1.807) is 13.8 Å². The number of carboxylic acid groups (broad SMARTS) is 1.